The molecule has 26 heavy (non-hydrogen) atoms. The van der Waals surface area contributed by atoms with Gasteiger partial charge in [0.2, 0.25) is 0 Å². The van der Waals surface area contributed by atoms with Gasteiger partial charge in [-0.2, -0.15) is 5.10 Å². The first-order valence-electron chi connectivity index (χ1n) is 8.80. The number of hydrogen-bond acceptors (Lipinski definition) is 5. The van der Waals surface area contributed by atoms with Crippen molar-refractivity contribution in [2.45, 2.75) is 51.2 Å². The average molecular weight is 358 g/mol. The smallest absolute Gasteiger partial charge is 0.360 e. The van der Waals surface area contributed by atoms with Crippen LogP contribution in [0.1, 0.15) is 49.5 Å². The summed E-state index contributed by atoms with van der Waals surface area (Å²) in [5.41, 5.74) is 0.801. The van der Waals surface area contributed by atoms with E-state index in [1.165, 1.54) is 13.3 Å². The fraction of sp³-hybridized carbons (Fsp3) is 0.444. The molecule has 1 aromatic carbocycles. The van der Waals surface area contributed by atoms with Crippen molar-refractivity contribution in [1.29, 1.82) is 0 Å². The number of carbonyl (C=O) groups excluding carboxylic acids is 3. The molecule has 1 aromatic heterocycles. The number of nitrogens with one attached hydrogen (secondary N) is 3. The Morgan fingerprint density at radius 3 is 2.69 bits per heavy atom. The van der Waals surface area contributed by atoms with Crippen molar-refractivity contribution in [2.24, 2.45) is 0 Å². The van der Waals surface area contributed by atoms with Crippen molar-refractivity contribution < 1.29 is 19.1 Å². The molecule has 3 amide bonds. The van der Waals surface area contributed by atoms with E-state index in [1.807, 2.05) is 6.07 Å². The molecule has 3 N–H and O–H groups in total. The lowest BCUT2D eigenvalue weighted by Crippen LogP contribution is -2.48. The summed E-state index contributed by atoms with van der Waals surface area (Å²) in [4.78, 5) is 36.3. The molecule has 1 saturated carbocycles. The lowest BCUT2D eigenvalue weighted by Gasteiger charge is -2.23. The molecule has 0 spiro atoms. The number of amides is 3. The first-order valence-corrected chi connectivity index (χ1v) is 8.80. The third-order valence-electron chi connectivity index (χ3n) is 4.49. The molecule has 1 heterocycles. The lowest BCUT2D eigenvalue weighted by atomic mass is 9.96. The molecule has 2 aromatic rings. The molecule has 0 aliphatic heterocycles. The highest BCUT2D eigenvalue weighted by Crippen LogP contribution is 2.18. The van der Waals surface area contributed by atoms with Crippen molar-refractivity contribution in [3.63, 3.8) is 0 Å². The number of carbonyl (C=O) groups is 3. The second kappa shape index (κ2) is 7.99. The molecule has 0 saturated heterocycles. The molecule has 8 heteroatoms. The van der Waals surface area contributed by atoms with Gasteiger partial charge in [0.15, 0.2) is 11.8 Å². The summed E-state index contributed by atoms with van der Waals surface area (Å²) in [5, 5.41) is 12.3. The number of rotatable bonds is 4. The van der Waals surface area contributed by atoms with E-state index in [9.17, 15) is 14.4 Å². The predicted octanol–water partition coefficient (Wildman–Crippen LogP) is 2.27. The van der Waals surface area contributed by atoms with Gasteiger partial charge in [-0.25, -0.2) is 9.59 Å². The van der Waals surface area contributed by atoms with Crippen LogP contribution < -0.4 is 10.6 Å². The van der Waals surface area contributed by atoms with Gasteiger partial charge >= 0.3 is 12.0 Å². The number of aromatic nitrogens is 2. The third kappa shape index (κ3) is 4.19. The van der Waals surface area contributed by atoms with Crippen LogP contribution in [0.3, 0.4) is 0 Å². The number of fused-ring (bicyclic) bond motifs is 1. The number of aromatic amines is 1. The average Bonchev–Trinajstić information content (AvgIpc) is 3.06. The number of hydrogen-bond donors (Lipinski definition) is 3. The first-order chi connectivity index (χ1) is 12.5. The molecular weight excluding hydrogens is 336 g/mol. The van der Waals surface area contributed by atoms with Gasteiger partial charge in [0.05, 0.1) is 5.52 Å². The second-order valence-electron chi connectivity index (χ2n) is 6.46. The van der Waals surface area contributed by atoms with Gasteiger partial charge in [-0.05, 0) is 25.8 Å². The van der Waals surface area contributed by atoms with Crippen molar-refractivity contribution >= 4 is 28.8 Å². The van der Waals surface area contributed by atoms with E-state index >= 15 is 0 Å². The minimum absolute atomic E-state index is 0.0878. The quantitative estimate of drug-likeness (QED) is 0.726. The number of nitrogens with zero attached hydrogens (tertiary/aromatic N) is 1. The number of esters is 1. The minimum atomic E-state index is -1.12. The second-order valence-corrected chi connectivity index (χ2v) is 6.46. The molecule has 8 nitrogen and oxygen atoms in total. The Hall–Kier alpha value is -2.90. The van der Waals surface area contributed by atoms with Gasteiger partial charge in [-0.3, -0.25) is 15.2 Å². The number of H-pyrrole nitrogens is 1. The number of para-hydroxylation sites is 1. The van der Waals surface area contributed by atoms with Crippen molar-refractivity contribution in [2.75, 3.05) is 0 Å². The fourth-order valence-corrected chi connectivity index (χ4v) is 3.07. The van der Waals surface area contributed by atoms with Gasteiger partial charge in [0.25, 0.3) is 5.91 Å². The van der Waals surface area contributed by atoms with Crippen molar-refractivity contribution in [1.82, 2.24) is 20.8 Å². The zero-order valence-electron chi connectivity index (χ0n) is 14.6. The standard InChI is InChI=1S/C18H22N4O4/c1-11(16(23)20-18(25)19-12-7-3-2-4-8-12)26-17(24)15-13-9-5-6-10-14(13)21-22-15/h5-6,9-12H,2-4,7-8H2,1H3,(H,21,22)(H2,19,20,23,25)/t11-/m1/s1. The molecule has 138 valence electrons. The summed E-state index contributed by atoms with van der Waals surface area (Å²) >= 11 is 0. The SMILES string of the molecule is C[C@@H](OC(=O)c1n[nH]c2ccccc12)C(=O)NC(=O)NC1CCCCC1. The topological polar surface area (TPSA) is 113 Å². The van der Waals surface area contributed by atoms with Crippen LogP contribution in [0, 0.1) is 0 Å². The summed E-state index contributed by atoms with van der Waals surface area (Å²) in [5.74, 6) is -1.40. The van der Waals surface area contributed by atoms with Crippen LogP contribution in [0.2, 0.25) is 0 Å². The van der Waals surface area contributed by atoms with Gasteiger partial charge in [-0.1, -0.05) is 37.5 Å². The Bertz CT molecular complexity index is 810. The highest BCUT2D eigenvalue weighted by atomic mass is 16.5. The molecule has 3 rings (SSSR count). The van der Waals surface area contributed by atoms with Crippen LogP contribution in [0.5, 0.6) is 0 Å². The van der Waals surface area contributed by atoms with Crippen LogP contribution >= 0.6 is 0 Å². The van der Waals surface area contributed by atoms with E-state index in [1.54, 1.807) is 18.2 Å². The summed E-state index contributed by atoms with van der Waals surface area (Å²) in [6.45, 7) is 1.41. The van der Waals surface area contributed by atoms with Crippen molar-refractivity contribution in [3.8, 4) is 0 Å². The molecule has 1 atom stereocenters. The van der Waals surface area contributed by atoms with E-state index in [0.717, 1.165) is 25.7 Å². The van der Waals surface area contributed by atoms with E-state index in [2.05, 4.69) is 20.8 Å². The maximum absolute atomic E-state index is 12.3. The van der Waals surface area contributed by atoms with Crippen LogP contribution in [0.25, 0.3) is 10.9 Å². The predicted molar refractivity (Wildman–Crippen MR) is 94.5 cm³/mol. The molecule has 1 aliphatic rings. The number of ether oxygens (including phenoxy) is 1. The third-order valence-corrected chi connectivity index (χ3v) is 4.49. The Kier molecular flexibility index (Phi) is 5.50. The van der Waals surface area contributed by atoms with Gasteiger partial charge in [0.1, 0.15) is 0 Å². The van der Waals surface area contributed by atoms with E-state index in [-0.39, 0.29) is 11.7 Å². The maximum Gasteiger partial charge on any atom is 0.360 e. The number of benzene rings is 1. The zero-order valence-corrected chi connectivity index (χ0v) is 14.6. The monoisotopic (exact) mass is 358 g/mol. The van der Waals surface area contributed by atoms with Crippen LogP contribution in [0.4, 0.5) is 4.79 Å². The fourth-order valence-electron chi connectivity index (χ4n) is 3.07. The largest absolute Gasteiger partial charge is 0.448 e. The van der Waals surface area contributed by atoms with Crippen LogP contribution in [-0.2, 0) is 9.53 Å². The molecular formula is C18H22N4O4. The highest BCUT2D eigenvalue weighted by molar-refractivity contribution is 6.03. The molecule has 1 fully saturated rings. The van der Waals surface area contributed by atoms with Gasteiger partial charge in [0, 0.05) is 11.4 Å². The normalized spacial score (nSPS) is 16.0. The molecule has 0 unspecified atom stereocenters. The summed E-state index contributed by atoms with van der Waals surface area (Å²) < 4.78 is 5.14. The zero-order chi connectivity index (χ0) is 18.5. The summed E-state index contributed by atoms with van der Waals surface area (Å²) in [6, 6.07) is 6.64. The maximum atomic E-state index is 12.3. The van der Waals surface area contributed by atoms with E-state index in [4.69, 9.17) is 4.74 Å². The number of imide groups is 1. The Morgan fingerprint density at radius 2 is 1.92 bits per heavy atom. The Balaban J connectivity index is 1.53. The van der Waals surface area contributed by atoms with E-state index < -0.39 is 24.0 Å². The Labute approximate surface area is 150 Å². The van der Waals surface area contributed by atoms with Crippen LogP contribution in [-0.4, -0.2) is 40.3 Å². The first kappa shape index (κ1) is 17.9. The molecule has 0 radical (unpaired) electrons. The van der Waals surface area contributed by atoms with Gasteiger partial charge < -0.3 is 10.1 Å². The molecule has 0 bridgehead atoms. The van der Waals surface area contributed by atoms with Crippen LogP contribution in [0.15, 0.2) is 24.3 Å². The van der Waals surface area contributed by atoms with E-state index in [0.29, 0.717) is 10.9 Å². The Morgan fingerprint density at radius 1 is 1.19 bits per heavy atom. The highest BCUT2D eigenvalue weighted by Gasteiger charge is 2.24. The molecule has 1 aliphatic carbocycles. The summed E-state index contributed by atoms with van der Waals surface area (Å²) in [7, 11) is 0. The number of urea groups is 1. The summed E-state index contributed by atoms with van der Waals surface area (Å²) in [6.07, 6.45) is 4.04. The lowest BCUT2D eigenvalue weighted by molar-refractivity contribution is -0.127. The van der Waals surface area contributed by atoms with Gasteiger partial charge in [-0.15, -0.1) is 0 Å². The van der Waals surface area contributed by atoms with Crippen molar-refractivity contribution in [3.05, 3.63) is 30.0 Å². The minimum Gasteiger partial charge on any atom is -0.448 e.